The normalized spacial score (nSPS) is 11.7. The summed E-state index contributed by atoms with van der Waals surface area (Å²) in [7, 11) is 1.58. The van der Waals surface area contributed by atoms with Gasteiger partial charge in [-0.15, -0.1) is 0 Å². The Labute approximate surface area is 137 Å². The minimum Gasteiger partial charge on any atom is -0.495 e. The van der Waals surface area contributed by atoms with Gasteiger partial charge in [-0.3, -0.25) is 4.79 Å². The molecule has 1 atom stereocenters. The van der Waals surface area contributed by atoms with Gasteiger partial charge in [0.05, 0.1) is 12.8 Å². The largest absolute Gasteiger partial charge is 0.495 e. The van der Waals surface area contributed by atoms with Crippen molar-refractivity contribution < 1.29 is 14.3 Å². The summed E-state index contributed by atoms with van der Waals surface area (Å²) >= 11 is 0. The number of para-hydroxylation sites is 2. The first-order valence-electron chi connectivity index (χ1n) is 7.72. The van der Waals surface area contributed by atoms with E-state index in [2.05, 4.69) is 11.4 Å². The highest BCUT2D eigenvalue weighted by atomic mass is 16.5. The maximum absolute atomic E-state index is 12.5. The fourth-order valence-corrected chi connectivity index (χ4v) is 2.45. The molecule has 0 aliphatic heterocycles. The molecule has 1 N–H and O–H groups in total. The SMILES string of the molecule is CC[C@H](Oc1cc(C)cc(C)c1)C(=O)Nc1ccccc1OC. The van der Waals surface area contributed by atoms with E-state index in [1.54, 1.807) is 19.2 Å². The van der Waals surface area contributed by atoms with Crippen LogP contribution in [0.4, 0.5) is 5.69 Å². The Bertz CT molecular complexity index is 662. The van der Waals surface area contributed by atoms with Gasteiger partial charge in [-0.2, -0.15) is 0 Å². The van der Waals surface area contributed by atoms with Crippen molar-refractivity contribution in [3.8, 4) is 11.5 Å². The number of nitrogens with one attached hydrogen (secondary N) is 1. The van der Waals surface area contributed by atoms with Gasteiger partial charge >= 0.3 is 0 Å². The summed E-state index contributed by atoms with van der Waals surface area (Å²) in [5.74, 6) is 1.16. The summed E-state index contributed by atoms with van der Waals surface area (Å²) in [5, 5.41) is 2.87. The molecule has 0 spiro atoms. The van der Waals surface area contributed by atoms with Crippen molar-refractivity contribution in [3.05, 3.63) is 53.6 Å². The molecule has 0 bridgehead atoms. The Balaban J connectivity index is 2.12. The molecule has 4 nitrogen and oxygen atoms in total. The van der Waals surface area contributed by atoms with E-state index in [0.29, 0.717) is 23.6 Å². The minimum absolute atomic E-state index is 0.184. The lowest BCUT2D eigenvalue weighted by Crippen LogP contribution is -2.32. The van der Waals surface area contributed by atoms with E-state index in [-0.39, 0.29) is 5.91 Å². The maximum Gasteiger partial charge on any atom is 0.265 e. The smallest absolute Gasteiger partial charge is 0.265 e. The average Bonchev–Trinajstić information content (AvgIpc) is 2.52. The van der Waals surface area contributed by atoms with Crippen LogP contribution in [0.2, 0.25) is 0 Å². The molecule has 0 aliphatic rings. The molecule has 0 unspecified atom stereocenters. The van der Waals surface area contributed by atoms with Crippen LogP contribution >= 0.6 is 0 Å². The fourth-order valence-electron chi connectivity index (χ4n) is 2.45. The number of aryl methyl sites for hydroxylation is 2. The van der Waals surface area contributed by atoms with E-state index in [4.69, 9.17) is 9.47 Å². The summed E-state index contributed by atoms with van der Waals surface area (Å²) in [4.78, 5) is 12.5. The van der Waals surface area contributed by atoms with Gasteiger partial charge in [0.2, 0.25) is 0 Å². The lowest BCUT2D eigenvalue weighted by Gasteiger charge is -2.19. The predicted molar refractivity (Wildman–Crippen MR) is 92.2 cm³/mol. The van der Waals surface area contributed by atoms with Crippen LogP contribution in [0.5, 0.6) is 11.5 Å². The van der Waals surface area contributed by atoms with Gasteiger partial charge < -0.3 is 14.8 Å². The first-order chi connectivity index (χ1) is 11.0. The minimum atomic E-state index is -0.555. The molecule has 1 amide bonds. The molecule has 2 rings (SSSR count). The molecular weight excluding hydrogens is 290 g/mol. The second kappa shape index (κ2) is 7.68. The van der Waals surface area contributed by atoms with Crippen LogP contribution in [0.1, 0.15) is 24.5 Å². The number of anilines is 1. The second-order valence-electron chi connectivity index (χ2n) is 5.53. The van der Waals surface area contributed by atoms with E-state index >= 15 is 0 Å². The van der Waals surface area contributed by atoms with Gasteiger partial charge in [-0.1, -0.05) is 25.1 Å². The van der Waals surface area contributed by atoms with Gasteiger partial charge in [-0.25, -0.2) is 0 Å². The van der Waals surface area contributed by atoms with Crippen LogP contribution in [-0.2, 0) is 4.79 Å². The number of carbonyl (C=O) groups excluding carboxylic acids is 1. The number of carbonyl (C=O) groups is 1. The van der Waals surface area contributed by atoms with Crippen LogP contribution in [0.3, 0.4) is 0 Å². The molecule has 2 aromatic rings. The van der Waals surface area contributed by atoms with E-state index in [0.717, 1.165) is 11.1 Å². The van der Waals surface area contributed by atoms with Crippen LogP contribution in [0.15, 0.2) is 42.5 Å². The molecule has 4 heteroatoms. The van der Waals surface area contributed by atoms with Crippen molar-refractivity contribution in [1.82, 2.24) is 0 Å². The fraction of sp³-hybridized carbons (Fsp3) is 0.316. The van der Waals surface area contributed by atoms with Crippen molar-refractivity contribution >= 4 is 11.6 Å². The Morgan fingerprint density at radius 1 is 1.13 bits per heavy atom. The summed E-state index contributed by atoms with van der Waals surface area (Å²) in [6, 6.07) is 13.3. The summed E-state index contributed by atoms with van der Waals surface area (Å²) in [6.45, 7) is 5.95. The Kier molecular flexibility index (Phi) is 5.63. The highest BCUT2D eigenvalue weighted by Gasteiger charge is 2.20. The highest BCUT2D eigenvalue weighted by molar-refractivity contribution is 5.95. The lowest BCUT2D eigenvalue weighted by atomic mass is 10.1. The summed E-state index contributed by atoms with van der Waals surface area (Å²) in [6.07, 6.45) is 0.0228. The molecule has 0 saturated heterocycles. The monoisotopic (exact) mass is 313 g/mol. The average molecular weight is 313 g/mol. The van der Waals surface area contributed by atoms with Crippen molar-refractivity contribution in [2.75, 3.05) is 12.4 Å². The third kappa shape index (κ3) is 4.49. The van der Waals surface area contributed by atoms with E-state index in [1.807, 2.05) is 45.0 Å². The van der Waals surface area contributed by atoms with E-state index in [9.17, 15) is 4.79 Å². The van der Waals surface area contributed by atoms with Gasteiger partial charge in [0.25, 0.3) is 5.91 Å². The Morgan fingerprint density at radius 3 is 2.39 bits per heavy atom. The van der Waals surface area contributed by atoms with Crippen LogP contribution < -0.4 is 14.8 Å². The maximum atomic E-state index is 12.5. The first kappa shape index (κ1) is 16.9. The summed E-state index contributed by atoms with van der Waals surface area (Å²) in [5.41, 5.74) is 2.86. The molecule has 23 heavy (non-hydrogen) atoms. The lowest BCUT2D eigenvalue weighted by molar-refractivity contribution is -0.122. The molecule has 2 aromatic carbocycles. The number of rotatable bonds is 6. The third-order valence-electron chi connectivity index (χ3n) is 3.50. The number of methoxy groups -OCH3 is 1. The third-order valence-corrected chi connectivity index (χ3v) is 3.50. The van der Waals surface area contributed by atoms with Crippen molar-refractivity contribution in [1.29, 1.82) is 0 Å². The molecule has 122 valence electrons. The molecule has 0 fully saturated rings. The zero-order valence-electron chi connectivity index (χ0n) is 14.1. The molecule has 0 radical (unpaired) electrons. The number of ether oxygens (including phenoxy) is 2. The van der Waals surface area contributed by atoms with Crippen LogP contribution in [-0.4, -0.2) is 19.1 Å². The van der Waals surface area contributed by atoms with Gasteiger partial charge in [-0.05, 0) is 55.7 Å². The Hall–Kier alpha value is -2.49. The van der Waals surface area contributed by atoms with Crippen molar-refractivity contribution in [2.24, 2.45) is 0 Å². The summed E-state index contributed by atoms with van der Waals surface area (Å²) < 4.78 is 11.1. The topological polar surface area (TPSA) is 47.6 Å². The van der Waals surface area contributed by atoms with Crippen molar-refractivity contribution in [2.45, 2.75) is 33.3 Å². The number of amides is 1. The van der Waals surface area contributed by atoms with E-state index in [1.165, 1.54) is 0 Å². The first-order valence-corrected chi connectivity index (χ1v) is 7.72. The zero-order valence-corrected chi connectivity index (χ0v) is 14.1. The second-order valence-corrected chi connectivity index (χ2v) is 5.53. The zero-order chi connectivity index (χ0) is 16.8. The van der Waals surface area contributed by atoms with Crippen molar-refractivity contribution in [3.63, 3.8) is 0 Å². The van der Waals surface area contributed by atoms with Crippen LogP contribution in [0, 0.1) is 13.8 Å². The number of benzene rings is 2. The van der Waals surface area contributed by atoms with Crippen LogP contribution in [0.25, 0.3) is 0 Å². The Morgan fingerprint density at radius 2 is 1.78 bits per heavy atom. The standard InChI is InChI=1S/C19H23NO3/c1-5-17(23-15-11-13(2)10-14(3)12-15)19(21)20-16-8-6-7-9-18(16)22-4/h6-12,17H,5H2,1-4H3,(H,20,21)/t17-/m0/s1. The molecular formula is C19H23NO3. The quantitative estimate of drug-likeness (QED) is 0.873. The highest BCUT2D eigenvalue weighted by Crippen LogP contribution is 2.24. The molecule has 0 heterocycles. The molecule has 0 saturated carbocycles. The molecule has 0 aromatic heterocycles. The van der Waals surface area contributed by atoms with Gasteiger partial charge in [0.15, 0.2) is 6.10 Å². The predicted octanol–water partition coefficient (Wildman–Crippen LogP) is 4.11. The number of hydrogen-bond acceptors (Lipinski definition) is 3. The van der Waals surface area contributed by atoms with Gasteiger partial charge in [0.1, 0.15) is 11.5 Å². The van der Waals surface area contributed by atoms with E-state index < -0.39 is 6.10 Å². The number of hydrogen-bond donors (Lipinski definition) is 1. The molecule has 0 aliphatic carbocycles. The van der Waals surface area contributed by atoms with Gasteiger partial charge in [0, 0.05) is 0 Å².